The summed E-state index contributed by atoms with van der Waals surface area (Å²) in [7, 11) is -9.28. The van der Waals surface area contributed by atoms with E-state index in [0.29, 0.717) is 11.4 Å². The molecule has 16 heteroatoms. The van der Waals surface area contributed by atoms with E-state index in [-0.39, 0.29) is 125 Å². The quantitative estimate of drug-likeness (QED) is 0.173. The van der Waals surface area contributed by atoms with Gasteiger partial charge < -0.3 is 9.11 Å². The molecular formula is C21H16K2N4O8S2. The van der Waals surface area contributed by atoms with E-state index in [1.165, 1.54) is 30.3 Å². The van der Waals surface area contributed by atoms with Crippen LogP contribution in [0.4, 0.5) is 5.69 Å². The van der Waals surface area contributed by atoms with Crippen LogP contribution in [0, 0.1) is 6.92 Å². The van der Waals surface area contributed by atoms with Crippen molar-refractivity contribution < 1.29 is 134 Å². The fraction of sp³-hybridized carbons (Fsp3) is 0.0952. The maximum atomic E-state index is 13.0. The molecule has 182 valence electrons. The van der Waals surface area contributed by atoms with Crippen molar-refractivity contribution in [3.63, 3.8) is 0 Å². The van der Waals surface area contributed by atoms with Crippen LogP contribution in [0.25, 0.3) is 11.8 Å². The van der Waals surface area contributed by atoms with Gasteiger partial charge in [-0.3, -0.25) is 14.7 Å². The van der Waals surface area contributed by atoms with Gasteiger partial charge in [0, 0.05) is 5.69 Å². The molecule has 1 aromatic heterocycles. The summed E-state index contributed by atoms with van der Waals surface area (Å²) in [4.78, 5) is 25.1. The van der Waals surface area contributed by atoms with Gasteiger partial charge in [-0.25, -0.2) is 21.5 Å². The molecule has 2 heterocycles. The first-order valence-electron chi connectivity index (χ1n) is 9.83. The Balaban J connectivity index is 0.00000241. The number of nitrogens with one attached hydrogen (secondary N) is 1. The Morgan fingerprint density at radius 3 is 1.73 bits per heavy atom. The van der Waals surface area contributed by atoms with Crippen molar-refractivity contribution in [2.45, 2.75) is 23.6 Å². The standard InChI is InChI=1S/C21H18N4O8S2.2K/c1-12-18(20(26)24(22-12)14-3-7-16(8-4-14)34(28,29)30)11-19-13(2)23-25(21(19)27)15-5-9-17(10-6-15)35(31,32)33;;/h3-11,22H,1-2H3,(H,28,29,30)(H,31,32,33);;/q;2*+1/p-2/b19-11+;;. The van der Waals surface area contributed by atoms with Gasteiger partial charge in [0.2, 0.25) is 0 Å². The number of aryl methyl sites for hydroxylation is 1. The Labute approximate surface area is 297 Å². The summed E-state index contributed by atoms with van der Waals surface area (Å²) in [5.41, 5.74) is 0.939. The van der Waals surface area contributed by atoms with Crippen molar-refractivity contribution in [1.29, 1.82) is 0 Å². The molecule has 1 N–H and O–H groups in total. The summed E-state index contributed by atoms with van der Waals surface area (Å²) < 4.78 is 67.9. The Kier molecular flexibility index (Phi) is 10.8. The number of aromatic nitrogens is 2. The second kappa shape index (κ2) is 12.3. The third kappa shape index (κ3) is 6.96. The monoisotopic (exact) mass is 594 g/mol. The molecule has 12 nitrogen and oxygen atoms in total. The number of anilines is 1. The van der Waals surface area contributed by atoms with E-state index in [4.69, 9.17) is 0 Å². The second-order valence-corrected chi connectivity index (χ2v) is 10.3. The molecule has 1 aliphatic rings. The topological polar surface area (TPSA) is 185 Å². The van der Waals surface area contributed by atoms with E-state index in [2.05, 4.69) is 10.2 Å². The van der Waals surface area contributed by atoms with Crippen molar-refractivity contribution >= 4 is 43.6 Å². The maximum Gasteiger partial charge on any atom is 1.00 e. The molecule has 0 aliphatic carbocycles. The van der Waals surface area contributed by atoms with Gasteiger partial charge in [0.15, 0.2) is 0 Å². The van der Waals surface area contributed by atoms with Gasteiger partial charge in [-0.1, -0.05) is 0 Å². The van der Waals surface area contributed by atoms with Crippen molar-refractivity contribution in [1.82, 2.24) is 9.78 Å². The number of carbonyl (C=O) groups excluding carboxylic acids is 1. The molecule has 0 atom stereocenters. The first-order valence-corrected chi connectivity index (χ1v) is 12.6. The molecule has 4 rings (SSSR count). The van der Waals surface area contributed by atoms with Crippen LogP contribution >= 0.6 is 0 Å². The van der Waals surface area contributed by atoms with Crippen molar-refractivity contribution in [3.8, 4) is 5.69 Å². The van der Waals surface area contributed by atoms with Crippen LogP contribution in [-0.4, -0.2) is 47.3 Å². The van der Waals surface area contributed by atoms with E-state index in [1.807, 2.05) is 0 Å². The summed E-state index contributed by atoms with van der Waals surface area (Å²) in [6, 6.07) is 9.41. The van der Waals surface area contributed by atoms with E-state index in [0.717, 1.165) is 34.0 Å². The molecule has 2 aromatic carbocycles. The Morgan fingerprint density at radius 1 is 0.811 bits per heavy atom. The van der Waals surface area contributed by atoms with Crippen LogP contribution < -0.4 is 113 Å². The minimum atomic E-state index is -4.65. The minimum Gasteiger partial charge on any atom is -0.744 e. The molecule has 0 spiro atoms. The number of nitrogens with zero attached hydrogens (tertiary/aromatic N) is 3. The average Bonchev–Trinajstić information content (AvgIpc) is 3.23. The number of benzene rings is 2. The number of amides is 1. The van der Waals surface area contributed by atoms with Crippen LogP contribution in [-0.2, 0) is 25.0 Å². The zero-order valence-corrected chi connectivity index (χ0v) is 28.0. The smallest absolute Gasteiger partial charge is 0.744 e. The van der Waals surface area contributed by atoms with E-state index < -0.39 is 41.5 Å². The Morgan fingerprint density at radius 2 is 1.27 bits per heavy atom. The average molecular weight is 595 g/mol. The number of aromatic amines is 1. The molecule has 3 aromatic rings. The molecule has 0 saturated heterocycles. The van der Waals surface area contributed by atoms with Crippen molar-refractivity contribution in [3.05, 3.63) is 75.7 Å². The largest absolute Gasteiger partial charge is 1.00 e. The SMILES string of the molecule is CC1=NN(c2ccc(S(=O)(=O)[O-])cc2)C(=O)/C1=C/c1c(C)[nH]n(-c2ccc(S(=O)(=O)[O-])cc2)c1=O.[K+].[K+]. The minimum absolute atomic E-state index is 0. The molecule has 0 radical (unpaired) electrons. The van der Waals surface area contributed by atoms with Gasteiger partial charge in [-0.15, -0.1) is 0 Å². The first kappa shape index (κ1) is 32.6. The summed E-state index contributed by atoms with van der Waals surface area (Å²) in [6.07, 6.45) is 1.36. The number of hydrogen-bond donors (Lipinski definition) is 1. The summed E-state index contributed by atoms with van der Waals surface area (Å²) in [6.45, 7) is 3.16. The number of carbonyl (C=O) groups is 1. The van der Waals surface area contributed by atoms with Gasteiger partial charge >= 0.3 is 103 Å². The van der Waals surface area contributed by atoms with E-state index in [9.17, 15) is 35.5 Å². The fourth-order valence-corrected chi connectivity index (χ4v) is 4.37. The molecule has 1 amide bonds. The van der Waals surface area contributed by atoms with Crippen LogP contribution in [0.5, 0.6) is 0 Å². The predicted molar refractivity (Wildman–Crippen MR) is 122 cm³/mol. The number of H-pyrrole nitrogens is 1. The van der Waals surface area contributed by atoms with Gasteiger partial charge in [-0.05, 0) is 68.5 Å². The second-order valence-electron chi connectivity index (χ2n) is 7.55. The predicted octanol–water partition coefficient (Wildman–Crippen LogP) is -4.90. The zero-order valence-electron chi connectivity index (χ0n) is 20.1. The number of hydrogen-bond acceptors (Lipinski definition) is 9. The van der Waals surface area contributed by atoms with E-state index >= 15 is 0 Å². The van der Waals surface area contributed by atoms with Crippen molar-refractivity contribution in [2.75, 3.05) is 5.01 Å². The van der Waals surface area contributed by atoms with Gasteiger partial charge in [-0.2, -0.15) is 10.1 Å². The third-order valence-electron chi connectivity index (χ3n) is 5.22. The molecule has 1 aliphatic heterocycles. The van der Waals surface area contributed by atoms with Crippen LogP contribution in [0.2, 0.25) is 0 Å². The third-order valence-corrected chi connectivity index (χ3v) is 6.92. The van der Waals surface area contributed by atoms with Crippen molar-refractivity contribution in [2.24, 2.45) is 5.10 Å². The summed E-state index contributed by atoms with van der Waals surface area (Å²) >= 11 is 0. The molecule has 0 bridgehead atoms. The maximum absolute atomic E-state index is 13.0. The van der Waals surface area contributed by atoms with Gasteiger partial charge in [0.1, 0.15) is 20.2 Å². The van der Waals surface area contributed by atoms with Crippen LogP contribution in [0.1, 0.15) is 18.2 Å². The fourth-order valence-electron chi connectivity index (χ4n) is 3.43. The van der Waals surface area contributed by atoms with Crippen LogP contribution in [0.3, 0.4) is 0 Å². The normalized spacial score (nSPS) is 14.8. The van der Waals surface area contributed by atoms with Crippen LogP contribution in [0.15, 0.2) is 73.8 Å². The molecule has 0 unspecified atom stereocenters. The Bertz CT molecular complexity index is 1690. The Hall–Kier alpha value is -0.577. The molecule has 0 fully saturated rings. The summed E-state index contributed by atoms with van der Waals surface area (Å²) in [5, 5.41) is 8.02. The molecule has 37 heavy (non-hydrogen) atoms. The number of rotatable bonds is 5. The molecular weight excluding hydrogens is 579 g/mol. The van der Waals surface area contributed by atoms with Gasteiger partial charge in [0.05, 0.1) is 38.0 Å². The van der Waals surface area contributed by atoms with E-state index in [1.54, 1.807) is 13.8 Å². The molecule has 0 saturated carbocycles. The number of hydrazone groups is 1. The van der Waals surface area contributed by atoms with Gasteiger partial charge in [0.25, 0.3) is 11.5 Å². The summed E-state index contributed by atoms with van der Waals surface area (Å²) in [5.74, 6) is -0.572. The first-order chi connectivity index (χ1) is 16.3. The zero-order chi connectivity index (χ0) is 25.7.